The Labute approximate surface area is 153 Å². The average Bonchev–Trinajstić information content (AvgIpc) is 2.55. The van der Waals surface area contributed by atoms with E-state index in [0.29, 0.717) is 10.6 Å². The van der Waals surface area contributed by atoms with Gasteiger partial charge in [-0.3, -0.25) is 9.59 Å². The van der Waals surface area contributed by atoms with E-state index in [2.05, 4.69) is 10.6 Å². The number of carbonyl (C=O) groups is 2. The van der Waals surface area contributed by atoms with Crippen molar-refractivity contribution >= 4 is 34.7 Å². The number of benzene rings is 1. The summed E-state index contributed by atoms with van der Waals surface area (Å²) in [4.78, 5) is 25.8. The van der Waals surface area contributed by atoms with Gasteiger partial charge in [-0.2, -0.15) is 0 Å². The number of anilines is 1. The van der Waals surface area contributed by atoms with Gasteiger partial charge in [-0.15, -0.1) is 0 Å². The van der Waals surface area contributed by atoms with E-state index in [9.17, 15) is 9.59 Å². The van der Waals surface area contributed by atoms with Gasteiger partial charge < -0.3 is 16.4 Å². The fraction of sp³-hybridized carbons (Fsp3) is 0.421. The van der Waals surface area contributed by atoms with Gasteiger partial charge in [0.15, 0.2) is 0 Å². The van der Waals surface area contributed by atoms with Gasteiger partial charge in [0.1, 0.15) is 0 Å². The lowest BCUT2D eigenvalue weighted by Gasteiger charge is -2.47. The molecule has 0 radical (unpaired) electrons. The van der Waals surface area contributed by atoms with E-state index in [-0.39, 0.29) is 5.91 Å². The molecular formula is C19H23N3O2S. The molecule has 1 heterocycles. The predicted molar refractivity (Wildman–Crippen MR) is 102 cm³/mol. The molecule has 4 N–H and O–H groups in total. The number of amides is 2. The summed E-state index contributed by atoms with van der Waals surface area (Å²) in [5.74, 6) is -1.29. The van der Waals surface area contributed by atoms with E-state index in [4.69, 9.17) is 18.0 Å². The molecule has 132 valence electrons. The molecule has 5 nitrogen and oxygen atoms in total. The van der Waals surface area contributed by atoms with Crippen molar-refractivity contribution in [3.63, 3.8) is 0 Å². The molecule has 0 bridgehead atoms. The topological polar surface area (TPSA) is 84.2 Å². The van der Waals surface area contributed by atoms with E-state index >= 15 is 0 Å². The molecule has 1 spiro atoms. The van der Waals surface area contributed by atoms with E-state index < -0.39 is 17.2 Å². The average molecular weight is 357 g/mol. The first-order valence-electron chi connectivity index (χ1n) is 8.63. The van der Waals surface area contributed by atoms with Crippen molar-refractivity contribution in [1.82, 2.24) is 5.32 Å². The van der Waals surface area contributed by atoms with Crippen molar-refractivity contribution in [2.45, 2.75) is 39.0 Å². The van der Waals surface area contributed by atoms with Crippen LogP contribution in [0.5, 0.6) is 0 Å². The zero-order valence-electron chi connectivity index (χ0n) is 14.3. The van der Waals surface area contributed by atoms with Gasteiger partial charge in [-0.25, -0.2) is 0 Å². The van der Waals surface area contributed by atoms with Crippen molar-refractivity contribution in [3.05, 3.63) is 41.6 Å². The van der Waals surface area contributed by atoms with E-state index in [1.807, 2.05) is 37.3 Å². The monoisotopic (exact) mass is 357 g/mol. The molecule has 1 aromatic carbocycles. The second kappa shape index (κ2) is 6.96. The summed E-state index contributed by atoms with van der Waals surface area (Å²) in [6.45, 7) is 1.85. The van der Waals surface area contributed by atoms with Crippen LogP contribution >= 0.6 is 12.2 Å². The van der Waals surface area contributed by atoms with Crippen LogP contribution in [0, 0.1) is 11.3 Å². The molecular weight excluding hydrogens is 334 g/mol. The zero-order chi connectivity index (χ0) is 18.0. The third-order valence-electron chi connectivity index (χ3n) is 5.29. The van der Waals surface area contributed by atoms with Crippen molar-refractivity contribution < 1.29 is 9.59 Å². The Bertz CT molecular complexity index is 736. The maximum atomic E-state index is 13.1. The number of nitrogens with two attached hydrogens (primary N) is 1. The van der Waals surface area contributed by atoms with Gasteiger partial charge in [0.2, 0.25) is 5.91 Å². The number of para-hydroxylation sites is 1. The van der Waals surface area contributed by atoms with Crippen LogP contribution in [0.3, 0.4) is 0 Å². The van der Waals surface area contributed by atoms with Crippen LogP contribution in [-0.2, 0) is 9.59 Å². The molecule has 6 heteroatoms. The summed E-state index contributed by atoms with van der Waals surface area (Å²) in [5, 5.41) is 6.00. The molecule has 1 aliphatic heterocycles. The minimum absolute atomic E-state index is 0.188. The first-order valence-corrected chi connectivity index (χ1v) is 9.04. The minimum atomic E-state index is -0.636. The molecule has 1 fully saturated rings. The predicted octanol–water partition coefficient (Wildman–Crippen LogP) is 2.88. The first kappa shape index (κ1) is 17.6. The SMILES string of the molecule is CC1=C(C(=O)Nc2ccccc2)C2(CCCCC2)[C@H](C(N)=O)C(=S)N1. The molecule has 25 heavy (non-hydrogen) atoms. The van der Waals surface area contributed by atoms with Crippen LogP contribution in [0.4, 0.5) is 5.69 Å². The maximum Gasteiger partial charge on any atom is 0.253 e. The molecule has 0 saturated heterocycles. The summed E-state index contributed by atoms with van der Waals surface area (Å²) in [7, 11) is 0. The number of rotatable bonds is 3. The number of hydrogen-bond acceptors (Lipinski definition) is 3. The first-order chi connectivity index (χ1) is 12.0. The molecule has 0 unspecified atom stereocenters. The highest BCUT2D eigenvalue weighted by molar-refractivity contribution is 7.80. The lowest BCUT2D eigenvalue weighted by molar-refractivity contribution is -0.124. The molecule has 1 aromatic rings. The number of allylic oxidation sites excluding steroid dienone is 1. The normalized spacial score (nSPS) is 22.4. The minimum Gasteiger partial charge on any atom is -0.369 e. The van der Waals surface area contributed by atoms with Gasteiger partial charge in [0.25, 0.3) is 5.91 Å². The van der Waals surface area contributed by atoms with Crippen molar-refractivity contribution in [2.75, 3.05) is 5.32 Å². The van der Waals surface area contributed by atoms with Crippen molar-refractivity contribution in [1.29, 1.82) is 0 Å². The smallest absolute Gasteiger partial charge is 0.253 e. The summed E-state index contributed by atoms with van der Waals surface area (Å²) < 4.78 is 0. The second-order valence-electron chi connectivity index (χ2n) is 6.86. The third-order valence-corrected chi connectivity index (χ3v) is 5.63. The summed E-state index contributed by atoms with van der Waals surface area (Å²) in [6, 6.07) is 9.31. The van der Waals surface area contributed by atoms with Crippen LogP contribution in [0.25, 0.3) is 0 Å². The molecule has 1 aliphatic carbocycles. The Morgan fingerprint density at radius 3 is 2.44 bits per heavy atom. The van der Waals surface area contributed by atoms with Crippen molar-refractivity contribution in [3.8, 4) is 0 Å². The number of primary amides is 1. The lowest BCUT2D eigenvalue weighted by Crippen LogP contribution is -2.55. The van der Waals surface area contributed by atoms with Crippen LogP contribution in [0.1, 0.15) is 39.0 Å². The Kier molecular flexibility index (Phi) is 4.90. The quantitative estimate of drug-likeness (QED) is 0.726. The molecule has 2 aliphatic rings. The molecule has 3 rings (SSSR count). The number of carbonyl (C=O) groups excluding carboxylic acids is 2. The lowest BCUT2D eigenvalue weighted by atomic mass is 9.59. The number of nitrogens with one attached hydrogen (secondary N) is 2. The number of hydrogen-bond donors (Lipinski definition) is 3. The Balaban J connectivity index is 2.04. The van der Waals surface area contributed by atoms with Crippen LogP contribution < -0.4 is 16.4 Å². The maximum absolute atomic E-state index is 13.1. The van der Waals surface area contributed by atoms with E-state index in [1.165, 1.54) is 0 Å². The Hall–Kier alpha value is -2.21. The molecule has 1 saturated carbocycles. The number of thiocarbonyl (C=S) groups is 1. The van der Waals surface area contributed by atoms with E-state index in [1.54, 1.807) is 0 Å². The summed E-state index contributed by atoms with van der Waals surface area (Å²) >= 11 is 5.43. The summed E-state index contributed by atoms with van der Waals surface area (Å²) in [6.07, 6.45) is 4.51. The van der Waals surface area contributed by atoms with Crippen LogP contribution in [-0.4, -0.2) is 16.8 Å². The van der Waals surface area contributed by atoms with Gasteiger partial charge in [0.05, 0.1) is 10.9 Å². The zero-order valence-corrected chi connectivity index (χ0v) is 15.1. The fourth-order valence-corrected chi connectivity index (χ4v) is 4.82. The highest BCUT2D eigenvalue weighted by Crippen LogP contribution is 2.51. The molecule has 2 amide bonds. The van der Waals surface area contributed by atoms with Crippen LogP contribution in [0.2, 0.25) is 0 Å². The Morgan fingerprint density at radius 1 is 1.20 bits per heavy atom. The van der Waals surface area contributed by atoms with E-state index in [0.717, 1.165) is 43.5 Å². The second-order valence-corrected chi connectivity index (χ2v) is 7.30. The highest BCUT2D eigenvalue weighted by Gasteiger charge is 2.52. The standard InChI is InChI=1S/C19H23N3O2S/c1-12-14(17(24)22-13-8-4-2-5-9-13)19(10-6-3-7-11-19)15(16(20)23)18(25)21-12/h2,4-5,8-9,15H,3,6-7,10-11H2,1H3,(H2,20,23)(H,21,25)(H,22,24)/t15-/m1/s1. The van der Waals surface area contributed by atoms with Gasteiger partial charge in [-0.1, -0.05) is 49.7 Å². The summed E-state index contributed by atoms with van der Waals surface area (Å²) in [5.41, 5.74) is 7.16. The fourth-order valence-electron chi connectivity index (χ4n) is 4.32. The molecule has 0 aromatic heterocycles. The van der Waals surface area contributed by atoms with Crippen LogP contribution in [0.15, 0.2) is 41.6 Å². The Morgan fingerprint density at radius 2 is 1.84 bits per heavy atom. The van der Waals surface area contributed by atoms with Gasteiger partial charge in [0, 0.05) is 22.4 Å². The molecule has 1 atom stereocenters. The highest BCUT2D eigenvalue weighted by atomic mass is 32.1. The largest absolute Gasteiger partial charge is 0.369 e. The van der Waals surface area contributed by atoms with Gasteiger partial charge in [-0.05, 0) is 31.9 Å². The third kappa shape index (κ3) is 3.18. The van der Waals surface area contributed by atoms with Gasteiger partial charge >= 0.3 is 0 Å². The van der Waals surface area contributed by atoms with Crippen molar-refractivity contribution in [2.24, 2.45) is 17.1 Å².